The predicted molar refractivity (Wildman–Crippen MR) is 56.1 cm³/mol. The van der Waals surface area contributed by atoms with Crippen molar-refractivity contribution in [1.29, 1.82) is 0 Å². The Labute approximate surface area is 75.2 Å². The van der Waals surface area contributed by atoms with Crippen LogP contribution in [0.4, 0.5) is 0 Å². The number of aliphatic imine (C=N–C) groups is 1. The molecule has 0 aromatic heterocycles. The summed E-state index contributed by atoms with van der Waals surface area (Å²) in [7, 11) is -1.30. The third-order valence-corrected chi connectivity index (χ3v) is 2.65. The van der Waals surface area contributed by atoms with E-state index in [1.165, 1.54) is 0 Å². The van der Waals surface area contributed by atoms with Crippen LogP contribution in [-0.4, -0.2) is 34.5 Å². The summed E-state index contributed by atoms with van der Waals surface area (Å²) in [5, 5.41) is 2.32. The standard InChI is InChI=1S/C7H15NOS2/c1-11(2,9)6-4-3-5-8-7-10/h9H,3-6H2,1-2H3. The first-order valence-corrected chi connectivity index (χ1v) is 6.52. The molecule has 0 aromatic rings. The molecule has 2 nitrogen and oxygen atoms in total. The van der Waals surface area contributed by atoms with Gasteiger partial charge in [0.05, 0.1) is 5.16 Å². The van der Waals surface area contributed by atoms with Crippen molar-refractivity contribution in [2.24, 2.45) is 4.99 Å². The fourth-order valence-electron chi connectivity index (χ4n) is 0.692. The van der Waals surface area contributed by atoms with Gasteiger partial charge in [-0.25, -0.2) is 4.99 Å². The lowest BCUT2D eigenvalue weighted by Gasteiger charge is -2.22. The number of unbranched alkanes of at least 4 members (excludes halogenated alkanes) is 1. The number of thiocarbonyl (C=S) groups is 1. The number of hydrogen-bond donors (Lipinski definition) is 1. The monoisotopic (exact) mass is 193 g/mol. The molecule has 0 saturated heterocycles. The topological polar surface area (TPSA) is 32.6 Å². The van der Waals surface area contributed by atoms with Crippen LogP contribution in [-0.2, 0) is 0 Å². The Morgan fingerprint density at radius 1 is 1.45 bits per heavy atom. The van der Waals surface area contributed by atoms with Gasteiger partial charge in [-0.15, -0.1) is 10.3 Å². The van der Waals surface area contributed by atoms with Crippen molar-refractivity contribution in [3.05, 3.63) is 0 Å². The number of isothiocyanates is 1. The Morgan fingerprint density at radius 3 is 2.55 bits per heavy atom. The first-order valence-electron chi connectivity index (χ1n) is 3.53. The minimum atomic E-state index is -1.30. The summed E-state index contributed by atoms with van der Waals surface area (Å²) >= 11 is 4.41. The van der Waals surface area contributed by atoms with Crippen molar-refractivity contribution < 1.29 is 4.55 Å². The molecular formula is C7H15NOS2. The first kappa shape index (κ1) is 11.1. The zero-order chi connectivity index (χ0) is 8.74. The molecule has 0 bridgehead atoms. The molecule has 0 fully saturated rings. The highest BCUT2D eigenvalue weighted by molar-refractivity contribution is 8.28. The minimum absolute atomic E-state index is 0.749. The number of rotatable bonds is 5. The van der Waals surface area contributed by atoms with Gasteiger partial charge in [0, 0.05) is 6.54 Å². The molecule has 0 atom stereocenters. The molecule has 0 saturated carbocycles. The van der Waals surface area contributed by atoms with Crippen LogP contribution in [0.5, 0.6) is 0 Å². The largest absolute Gasteiger partial charge is 0.352 e. The lowest BCUT2D eigenvalue weighted by atomic mass is 10.3. The summed E-state index contributed by atoms with van der Waals surface area (Å²) in [6.45, 7) is 0.749. The van der Waals surface area contributed by atoms with E-state index in [1.54, 1.807) is 0 Å². The van der Waals surface area contributed by atoms with Gasteiger partial charge in [-0.1, -0.05) is 0 Å². The molecule has 66 valence electrons. The van der Waals surface area contributed by atoms with Crippen molar-refractivity contribution in [3.8, 4) is 0 Å². The average molecular weight is 193 g/mol. The summed E-state index contributed by atoms with van der Waals surface area (Å²) in [4.78, 5) is 3.78. The van der Waals surface area contributed by atoms with E-state index >= 15 is 0 Å². The van der Waals surface area contributed by atoms with E-state index in [2.05, 4.69) is 22.4 Å². The van der Waals surface area contributed by atoms with E-state index in [9.17, 15) is 4.55 Å². The third-order valence-electron chi connectivity index (χ3n) is 1.23. The van der Waals surface area contributed by atoms with Crippen LogP contribution in [0.15, 0.2) is 4.99 Å². The zero-order valence-electron chi connectivity index (χ0n) is 7.04. The SMILES string of the molecule is CS(C)(O)CCCCN=C=S. The lowest BCUT2D eigenvalue weighted by molar-refractivity contribution is 0.631. The zero-order valence-corrected chi connectivity index (χ0v) is 8.67. The van der Waals surface area contributed by atoms with Gasteiger partial charge in [-0.05, 0) is 43.3 Å². The molecule has 0 heterocycles. The van der Waals surface area contributed by atoms with Gasteiger partial charge in [-0.2, -0.15) is 0 Å². The summed E-state index contributed by atoms with van der Waals surface area (Å²) in [6.07, 6.45) is 5.82. The van der Waals surface area contributed by atoms with Crippen LogP contribution in [0.3, 0.4) is 0 Å². The van der Waals surface area contributed by atoms with Gasteiger partial charge in [-0.3, -0.25) is 0 Å². The highest BCUT2D eigenvalue weighted by Crippen LogP contribution is 2.34. The molecular weight excluding hydrogens is 178 g/mol. The van der Waals surface area contributed by atoms with Crippen LogP contribution in [0.1, 0.15) is 12.8 Å². The van der Waals surface area contributed by atoms with Crippen molar-refractivity contribution in [2.75, 3.05) is 24.8 Å². The van der Waals surface area contributed by atoms with E-state index in [1.807, 2.05) is 12.5 Å². The smallest absolute Gasteiger partial charge is 0.0584 e. The fourth-order valence-corrected chi connectivity index (χ4v) is 1.69. The van der Waals surface area contributed by atoms with Gasteiger partial charge >= 0.3 is 0 Å². The molecule has 0 aliphatic heterocycles. The molecule has 4 heteroatoms. The minimum Gasteiger partial charge on any atom is -0.352 e. The van der Waals surface area contributed by atoms with Gasteiger partial charge in [0.15, 0.2) is 0 Å². The molecule has 0 aliphatic rings. The Kier molecular flexibility index (Phi) is 5.78. The summed E-state index contributed by atoms with van der Waals surface area (Å²) in [5.41, 5.74) is 0. The highest BCUT2D eigenvalue weighted by atomic mass is 32.3. The normalized spacial score (nSPS) is 12.3. The van der Waals surface area contributed by atoms with Crippen molar-refractivity contribution in [2.45, 2.75) is 12.8 Å². The van der Waals surface area contributed by atoms with E-state index in [4.69, 9.17) is 0 Å². The number of nitrogens with zero attached hydrogens (tertiary/aromatic N) is 1. The van der Waals surface area contributed by atoms with Crippen LogP contribution >= 0.6 is 22.5 Å². The second-order valence-corrected chi connectivity index (χ2v) is 6.41. The van der Waals surface area contributed by atoms with Gasteiger partial charge in [0.2, 0.25) is 0 Å². The summed E-state index contributed by atoms with van der Waals surface area (Å²) in [5.74, 6) is 0.903. The highest BCUT2D eigenvalue weighted by Gasteiger charge is 2.03. The van der Waals surface area contributed by atoms with E-state index in [0.29, 0.717) is 0 Å². The Morgan fingerprint density at radius 2 is 2.09 bits per heavy atom. The molecule has 11 heavy (non-hydrogen) atoms. The first-order chi connectivity index (χ1) is 5.06. The van der Waals surface area contributed by atoms with Gasteiger partial charge in [0.25, 0.3) is 0 Å². The molecule has 1 N–H and O–H groups in total. The van der Waals surface area contributed by atoms with Crippen LogP contribution in [0, 0.1) is 0 Å². The lowest BCUT2D eigenvalue weighted by Crippen LogP contribution is -1.99. The van der Waals surface area contributed by atoms with E-state index < -0.39 is 10.3 Å². The summed E-state index contributed by atoms with van der Waals surface area (Å²) in [6, 6.07) is 0. The molecule has 0 aromatic carbocycles. The van der Waals surface area contributed by atoms with Gasteiger partial charge in [0.1, 0.15) is 0 Å². The molecule has 0 rings (SSSR count). The van der Waals surface area contributed by atoms with Crippen molar-refractivity contribution in [1.82, 2.24) is 0 Å². The second-order valence-electron chi connectivity index (χ2n) is 2.86. The molecule has 0 unspecified atom stereocenters. The molecule has 0 spiro atoms. The summed E-state index contributed by atoms with van der Waals surface area (Å²) < 4.78 is 9.39. The number of hydrogen-bond acceptors (Lipinski definition) is 3. The van der Waals surface area contributed by atoms with E-state index in [-0.39, 0.29) is 0 Å². The van der Waals surface area contributed by atoms with Gasteiger partial charge < -0.3 is 4.55 Å². The van der Waals surface area contributed by atoms with Crippen LogP contribution in [0.2, 0.25) is 0 Å². The average Bonchev–Trinajstić information content (AvgIpc) is 1.85. The van der Waals surface area contributed by atoms with Crippen molar-refractivity contribution >= 4 is 27.7 Å². The maximum Gasteiger partial charge on any atom is 0.0584 e. The quantitative estimate of drug-likeness (QED) is 0.413. The fraction of sp³-hybridized carbons (Fsp3) is 0.857. The molecule has 0 aliphatic carbocycles. The second kappa shape index (κ2) is 5.72. The Hall–Kier alpha value is 0.110. The Bertz CT molecular complexity index is 147. The van der Waals surface area contributed by atoms with Crippen LogP contribution < -0.4 is 0 Å². The predicted octanol–water partition coefficient (Wildman–Crippen LogP) is 2.41. The molecule has 0 amide bonds. The third kappa shape index (κ3) is 10.1. The van der Waals surface area contributed by atoms with E-state index in [0.717, 1.165) is 25.1 Å². The maximum absolute atomic E-state index is 9.39. The van der Waals surface area contributed by atoms with Crippen molar-refractivity contribution in [3.63, 3.8) is 0 Å². The maximum atomic E-state index is 9.39. The van der Waals surface area contributed by atoms with Crippen LogP contribution in [0.25, 0.3) is 0 Å². The molecule has 0 radical (unpaired) electrons. The Balaban J connectivity index is 3.21.